The molecule has 1 saturated heterocycles. The average Bonchev–Trinajstić information content (AvgIpc) is 2.86. The van der Waals surface area contributed by atoms with Gasteiger partial charge in [0, 0.05) is 38.8 Å². The molecule has 1 aromatic heterocycles. The fraction of sp³-hybridized carbons (Fsp3) is 0.320. The fourth-order valence-electron chi connectivity index (χ4n) is 3.93. The zero-order valence-corrected chi connectivity index (χ0v) is 18.9. The van der Waals surface area contributed by atoms with Crippen molar-refractivity contribution < 1.29 is 14.3 Å². The van der Waals surface area contributed by atoms with E-state index in [4.69, 9.17) is 9.47 Å². The molecule has 0 spiro atoms. The number of piperazine rings is 1. The third kappa shape index (κ3) is 5.23. The molecule has 0 atom stereocenters. The molecule has 0 N–H and O–H groups in total. The van der Waals surface area contributed by atoms with Crippen molar-refractivity contribution in [2.45, 2.75) is 6.54 Å². The second kappa shape index (κ2) is 10.3. The summed E-state index contributed by atoms with van der Waals surface area (Å²) in [6.45, 7) is 3.68. The molecule has 8 nitrogen and oxygen atoms in total. The summed E-state index contributed by atoms with van der Waals surface area (Å²) in [5.41, 5.74) is 1.40. The predicted molar refractivity (Wildman–Crippen MR) is 128 cm³/mol. The van der Waals surface area contributed by atoms with Crippen molar-refractivity contribution in [3.05, 3.63) is 70.8 Å². The molecule has 1 aliphatic rings. The van der Waals surface area contributed by atoms with Gasteiger partial charge < -0.3 is 14.4 Å². The molecular formula is C25H28N4O4. The van der Waals surface area contributed by atoms with E-state index in [2.05, 4.69) is 34.2 Å². The Labute approximate surface area is 192 Å². The van der Waals surface area contributed by atoms with E-state index in [1.165, 1.54) is 30.7 Å². The van der Waals surface area contributed by atoms with Crippen molar-refractivity contribution in [3.63, 3.8) is 0 Å². The summed E-state index contributed by atoms with van der Waals surface area (Å²) in [5, 5.41) is 0.387. The van der Waals surface area contributed by atoms with Gasteiger partial charge >= 0.3 is 0 Å². The largest absolute Gasteiger partial charge is 0.493 e. The van der Waals surface area contributed by atoms with Gasteiger partial charge in [-0.1, -0.05) is 42.5 Å². The summed E-state index contributed by atoms with van der Waals surface area (Å²) in [6, 6.07) is 13.5. The summed E-state index contributed by atoms with van der Waals surface area (Å²) in [6.07, 6.45) is 5.68. The Bertz CT molecular complexity index is 1200. The van der Waals surface area contributed by atoms with Crippen LogP contribution in [0.5, 0.6) is 11.5 Å². The quantitative estimate of drug-likeness (QED) is 0.552. The van der Waals surface area contributed by atoms with Crippen LogP contribution in [0.25, 0.3) is 17.0 Å². The molecule has 1 aliphatic heterocycles. The molecule has 172 valence electrons. The van der Waals surface area contributed by atoms with Gasteiger partial charge in [0.25, 0.3) is 5.56 Å². The first-order valence-electron chi connectivity index (χ1n) is 10.9. The lowest BCUT2D eigenvalue weighted by Crippen LogP contribution is -2.49. The zero-order valence-electron chi connectivity index (χ0n) is 18.9. The molecule has 0 bridgehead atoms. The van der Waals surface area contributed by atoms with Crippen LogP contribution < -0.4 is 15.0 Å². The molecule has 33 heavy (non-hydrogen) atoms. The van der Waals surface area contributed by atoms with E-state index in [1.807, 2.05) is 23.1 Å². The van der Waals surface area contributed by atoms with E-state index in [1.54, 1.807) is 12.1 Å². The van der Waals surface area contributed by atoms with Gasteiger partial charge in [0.2, 0.25) is 5.91 Å². The number of nitrogens with zero attached hydrogens (tertiary/aromatic N) is 4. The minimum Gasteiger partial charge on any atom is -0.493 e. The van der Waals surface area contributed by atoms with E-state index < -0.39 is 0 Å². The Morgan fingerprint density at radius 1 is 1.03 bits per heavy atom. The predicted octanol–water partition coefficient (Wildman–Crippen LogP) is 2.27. The Kier molecular flexibility index (Phi) is 7.04. The molecule has 0 radical (unpaired) electrons. The molecule has 2 aromatic carbocycles. The fourth-order valence-corrected chi connectivity index (χ4v) is 3.93. The maximum absolute atomic E-state index is 12.9. The molecule has 0 unspecified atom stereocenters. The minimum absolute atomic E-state index is 0.0377. The van der Waals surface area contributed by atoms with Crippen LogP contribution in [0, 0.1) is 0 Å². The molecule has 4 rings (SSSR count). The molecular weight excluding hydrogens is 420 g/mol. The topological polar surface area (TPSA) is 76.9 Å². The maximum Gasteiger partial charge on any atom is 0.261 e. The van der Waals surface area contributed by atoms with Gasteiger partial charge in [0.1, 0.15) is 6.54 Å². The van der Waals surface area contributed by atoms with E-state index in [0.29, 0.717) is 35.5 Å². The van der Waals surface area contributed by atoms with Gasteiger partial charge in [-0.15, -0.1) is 0 Å². The maximum atomic E-state index is 12.9. The first-order chi connectivity index (χ1) is 16.1. The number of carbonyl (C=O) groups excluding carboxylic acids is 1. The molecule has 0 aliphatic carbocycles. The molecule has 1 amide bonds. The molecule has 2 heterocycles. The highest BCUT2D eigenvalue weighted by Crippen LogP contribution is 2.29. The summed E-state index contributed by atoms with van der Waals surface area (Å²) in [7, 11) is 3.04. The number of benzene rings is 2. The van der Waals surface area contributed by atoms with Crippen LogP contribution in [0.15, 0.2) is 59.7 Å². The van der Waals surface area contributed by atoms with Crippen molar-refractivity contribution in [2.75, 3.05) is 46.9 Å². The van der Waals surface area contributed by atoms with Crippen LogP contribution >= 0.6 is 0 Å². The lowest BCUT2D eigenvalue weighted by atomic mass is 10.2. The van der Waals surface area contributed by atoms with Crippen LogP contribution in [0.1, 0.15) is 5.56 Å². The van der Waals surface area contributed by atoms with Crippen LogP contribution in [0.4, 0.5) is 0 Å². The van der Waals surface area contributed by atoms with Crippen molar-refractivity contribution >= 4 is 22.9 Å². The average molecular weight is 449 g/mol. The smallest absolute Gasteiger partial charge is 0.261 e. The third-order valence-corrected chi connectivity index (χ3v) is 5.83. The highest BCUT2D eigenvalue weighted by atomic mass is 16.5. The number of carbonyl (C=O) groups is 1. The Hall–Kier alpha value is -3.65. The molecule has 1 fully saturated rings. The van der Waals surface area contributed by atoms with Gasteiger partial charge in [-0.3, -0.25) is 19.1 Å². The van der Waals surface area contributed by atoms with Gasteiger partial charge in [0.15, 0.2) is 11.5 Å². The van der Waals surface area contributed by atoms with Crippen molar-refractivity contribution in [1.29, 1.82) is 0 Å². The van der Waals surface area contributed by atoms with Crippen molar-refractivity contribution in [3.8, 4) is 11.5 Å². The summed E-state index contributed by atoms with van der Waals surface area (Å²) < 4.78 is 11.9. The van der Waals surface area contributed by atoms with E-state index in [0.717, 1.165) is 19.6 Å². The zero-order chi connectivity index (χ0) is 23.2. The van der Waals surface area contributed by atoms with Gasteiger partial charge in [-0.2, -0.15) is 0 Å². The Balaban J connectivity index is 1.36. The third-order valence-electron chi connectivity index (χ3n) is 5.83. The van der Waals surface area contributed by atoms with E-state index in [9.17, 15) is 9.59 Å². The van der Waals surface area contributed by atoms with Crippen molar-refractivity contribution in [1.82, 2.24) is 19.4 Å². The molecule has 3 aromatic rings. The van der Waals surface area contributed by atoms with E-state index >= 15 is 0 Å². The minimum atomic E-state index is -0.279. The lowest BCUT2D eigenvalue weighted by Gasteiger charge is -2.34. The van der Waals surface area contributed by atoms with Crippen LogP contribution in [-0.2, 0) is 11.3 Å². The summed E-state index contributed by atoms with van der Waals surface area (Å²) in [4.78, 5) is 34.2. The van der Waals surface area contributed by atoms with Crippen molar-refractivity contribution in [2.24, 2.45) is 0 Å². The van der Waals surface area contributed by atoms with E-state index in [-0.39, 0.29) is 18.0 Å². The number of hydrogen-bond acceptors (Lipinski definition) is 6. The van der Waals surface area contributed by atoms with Crippen LogP contribution in [-0.4, -0.2) is 72.2 Å². The van der Waals surface area contributed by atoms with Crippen LogP contribution in [0.3, 0.4) is 0 Å². The Morgan fingerprint density at radius 3 is 2.42 bits per heavy atom. The summed E-state index contributed by atoms with van der Waals surface area (Å²) >= 11 is 0. The first-order valence-corrected chi connectivity index (χ1v) is 10.9. The monoisotopic (exact) mass is 448 g/mol. The first kappa shape index (κ1) is 22.5. The molecule has 0 saturated carbocycles. The number of fused-ring (bicyclic) bond motifs is 1. The highest BCUT2D eigenvalue weighted by Gasteiger charge is 2.21. The van der Waals surface area contributed by atoms with Gasteiger partial charge in [-0.25, -0.2) is 4.98 Å². The lowest BCUT2D eigenvalue weighted by molar-refractivity contribution is -0.133. The van der Waals surface area contributed by atoms with Gasteiger partial charge in [-0.05, 0) is 11.6 Å². The number of methoxy groups -OCH3 is 2. The normalized spacial score (nSPS) is 14.7. The number of amides is 1. The van der Waals surface area contributed by atoms with Gasteiger partial charge in [0.05, 0.1) is 31.4 Å². The number of ether oxygens (including phenoxy) is 2. The second-order valence-corrected chi connectivity index (χ2v) is 7.90. The van der Waals surface area contributed by atoms with Crippen LogP contribution in [0.2, 0.25) is 0 Å². The number of hydrogen-bond donors (Lipinski definition) is 0. The second-order valence-electron chi connectivity index (χ2n) is 7.90. The number of aromatic nitrogens is 2. The molecule has 8 heteroatoms. The standard InChI is InChI=1S/C25H28N4O4/c1-32-22-15-20-21(16-23(22)33-2)26-18-29(25(20)31)17-24(30)28-13-11-27(12-14-28)10-6-9-19-7-4-3-5-8-19/h3-9,15-16,18H,10-14,17H2,1-2H3. The highest BCUT2D eigenvalue weighted by molar-refractivity contribution is 5.82. The Morgan fingerprint density at radius 2 is 1.73 bits per heavy atom. The number of rotatable bonds is 7. The SMILES string of the molecule is COc1cc2ncn(CC(=O)N3CCN(CC=Cc4ccccc4)CC3)c(=O)c2cc1OC. The summed E-state index contributed by atoms with van der Waals surface area (Å²) in [5.74, 6) is 0.867.